The van der Waals surface area contributed by atoms with Crippen LogP contribution in [0.4, 0.5) is 0 Å². The number of aliphatic hydroxyl groups excluding tert-OH is 2. The molecule has 0 saturated heterocycles. The lowest BCUT2D eigenvalue weighted by Crippen LogP contribution is -2.39. The van der Waals surface area contributed by atoms with E-state index in [0.29, 0.717) is 19.5 Å². The fourth-order valence-electron chi connectivity index (χ4n) is 1.20. The largest absolute Gasteiger partial charge is 0.396 e. The highest BCUT2D eigenvalue weighted by atomic mass is 16.6. The van der Waals surface area contributed by atoms with Gasteiger partial charge in [-0.3, -0.25) is 10.1 Å². The average molecular weight is 220 g/mol. The summed E-state index contributed by atoms with van der Waals surface area (Å²) in [7, 11) is 0. The molecule has 0 bridgehead atoms. The zero-order valence-corrected chi connectivity index (χ0v) is 9.27. The van der Waals surface area contributed by atoms with Crippen molar-refractivity contribution in [2.24, 2.45) is 0 Å². The van der Waals surface area contributed by atoms with Crippen LogP contribution < -0.4 is 5.32 Å². The minimum atomic E-state index is -1.10. The van der Waals surface area contributed by atoms with Crippen LogP contribution in [-0.2, 0) is 0 Å². The first-order chi connectivity index (χ1) is 6.90. The predicted molar refractivity (Wildman–Crippen MR) is 56.3 cm³/mol. The van der Waals surface area contributed by atoms with E-state index in [2.05, 4.69) is 5.32 Å². The summed E-state index contributed by atoms with van der Waals surface area (Å²) in [6.45, 7) is 4.00. The molecular weight excluding hydrogens is 200 g/mol. The van der Waals surface area contributed by atoms with Gasteiger partial charge in [0, 0.05) is 38.3 Å². The van der Waals surface area contributed by atoms with E-state index in [1.807, 2.05) is 0 Å². The molecule has 0 heterocycles. The number of nitrogens with zero attached hydrogens (tertiary/aromatic N) is 1. The third kappa shape index (κ3) is 6.38. The van der Waals surface area contributed by atoms with Gasteiger partial charge in [-0.1, -0.05) is 0 Å². The summed E-state index contributed by atoms with van der Waals surface area (Å²) in [5.74, 6) is 0. The van der Waals surface area contributed by atoms with Gasteiger partial charge in [-0.2, -0.15) is 0 Å². The summed E-state index contributed by atoms with van der Waals surface area (Å²) in [6, 6.07) is 0. The van der Waals surface area contributed by atoms with Gasteiger partial charge in [-0.05, 0) is 13.0 Å². The number of nitrogens with one attached hydrogen (secondary N) is 1. The van der Waals surface area contributed by atoms with Gasteiger partial charge < -0.3 is 15.5 Å². The number of hydrogen-bond donors (Lipinski definition) is 3. The number of hydrogen-bond acceptors (Lipinski definition) is 5. The van der Waals surface area contributed by atoms with Crippen molar-refractivity contribution in [3.63, 3.8) is 0 Å². The van der Waals surface area contributed by atoms with Gasteiger partial charge in [0.2, 0.25) is 5.54 Å². The second kappa shape index (κ2) is 6.71. The Labute approximate surface area is 89.5 Å². The standard InChI is InChI=1S/C9H20N2O4/c1-9(2,11(14)15)6-8(13)7-10-4-3-5-12/h8,10,12-13H,3-7H2,1-2H3. The van der Waals surface area contributed by atoms with Crippen LogP contribution in [0.25, 0.3) is 0 Å². The zero-order chi connectivity index (χ0) is 11.9. The highest BCUT2D eigenvalue weighted by Crippen LogP contribution is 2.15. The van der Waals surface area contributed by atoms with Crippen molar-refractivity contribution in [1.29, 1.82) is 0 Å². The molecule has 0 aliphatic heterocycles. The van der Waals surface area contributed by atoms with Crippen LogP contribution in [-0.4, -0.2) is 46.5 Å². The molecule has 1 unspecified atom stereocenters. The maximum absolute atomic E-state index is 10.6. The van der Waals surface area contributed by atoms with Crippen LogP contribution in [0.5, 0.6) is 0 Å². The van der Waals surface area contributed by atoms with Crippen molar-refractivity contribution in [1.82, 2.24) is 5.32 Å². The lowest BCUT2D eigenvalue weighted by molar-refractivity contribution is -0.563. The summed E-state index contributed by atoms with van der Waals surface area (Å²) < 4.78 is 0. The molecule has 90 valence electrons. The van der Waals surface area contributed by atoms with E-state index >= 15 is 0 Å². The van der Waals surface area contributed by atoms with Crippen molar-refractivity contribution in [2.75, 3.05) is 19.7 Å². The minimum absolute atomic E-state index is 0.101. The van der Waals surface area contributed by atoms with Crippen molar-refractivity contribution in [3.05, 3.63) is 10.1 Å². The molecule has 15 heavy (non-hydrogen) atoms. The third-order valence-corrected chi connectivity index (χ3v) is 2.12. The maximum Gasteiger partial charge on any atom is 0.219 e. The highest BCUT2D eigenvalue weighted by molar-refractivity contribution is 4.73. The summed E-state index contributed by atoms with van der Waals surface area (Å²) in [6.07, 6.45) is 0.00128. The van der Waals surface area contributed by atoms with Gasteiger partial charge in [0.15, 0.2) is 0 Å². The second-order valence-electron chi connectivity index (χ2n) is 4.21. The summed E-state index contributed by atoms with van der Waals surface area (Å²) in [4.78, 5) is 10.2. The topological polar surface area (TPSA) is 95.6 Å². The van der Waals surface area contributed by atoms with E-state index < -0.39 is 11.6 Å². The quantitative estimate of drug-likeness (QED) is 0.298. The van der Waals surface area contributed by atoms with Crippen molar-refractivity contribution < 1.29 is 15.1 Å². The van der Waals surface area contributed by atoms with E-state index in [9.17, 15) is 15.2 Å². The Balaban J connectivity index is 3.73. The molecule has 0 aromatic rings. The van der Waals surface area contributed by atoms with Crippen LogP contribution in [0.2, 0.25) is 0 Å². The molecule has 0 aliphatic carbocycles. The van der Waals surface area contributed by atoms with Gasteiger partial charge in [-0.15, -0.1) is 0 Å². The van der Waals surface area contributed by atoms with Crippen LogP contribution in [0.1, 0.15) is 26.7 Å². The molecule has 6 nitrogen and oxygen atoms in total. The fraction of sp³-hybridized carbons (Fsp3) is 1.00. The Morgan fingerprint density at radius 3 is 2.60 bits per heavy atom. The molecule has 0 rings (SSSR count). The molecular formula is C9H20N2O4. The Bertz CT molecular complexity index is 197. The van der Waals surface area contributed by atoms with Crippen molar-refractivity contribution in [2.45, 2.75) is 38.3 Å². The van der Waals surface area contributed by atoms with Gasteiger partial charge in [0.1, 0.15) is 0 Å². The van der Waals surface area contributed by atoms with E-state index in [1.54, 1.807) is 0 Å². The minimum Gasteiger partial charge on any atom is -0.396 e. The Morgan fingerprint density at radius 1 is 1.53 bits per heavy atom. The smallest absolute Gasteiger partial charge is 0.219 e. The van der Waals surface area contributed by atoms with Gasteiger partial charge >= 0.3 is 0 Å². The van der Waals surface area contributed by atoms with Crippen molar-refractivity contribution >= 4 is 0 Å². The van der Waals surface area contributed by atoms with Gasteiger partial charge in [-0.25, -0.2) is 0 Å². The molecule has 0 amide bonds. The molecule has 1 atom stereocenters. The van der Waals surface area contributed by atoms with Crippen LogP contribution in [0, 0.1) is 10.1 Å². The SMILES string of the molecule is CC(C)(CC(O)CNCCCO)[N+](=O)[O-]. The average Bonchev–Trinajstić information content (AvgIpc) is 2.11. The Morgan fingerprint density at radius 2 is 2.13 bits per heavy atom. The van der Waals surface area contributed by atoms with Gasteiger partial charge in [0.05, 0.1) is 6.10 Å². The number of nitro groups is 1. The summed E-state index contributed by atoms with van der Waals surface area (Å²) >= 11 is 0. The lowest BCUT2D eigenvalue weighted by Gasteiger charge is -2.19. The highest BCUT2D eigenvalue weighted by Gasteiger charge is 2.33. The zero-order valence-electron chi connectivity index (χ0n) is 9.27. The molecule has 0 aromatic carbocycles. The van der Waals surface area contributed by atoms with Gasteiger partial charge in [0.25, 0.3) is 0 Å². The third-order valence-electron chi connectivity index (χ3n) is 2.12. The molecule has 0 radical (unpaired) electrons. The summed E-state index contributed by atoms with van der Waals surface area (Å²) in [5, 5.41) is 31.5. The predicted octanol–water partition coefficient (Wildman–Crippen LogP) is -0.235. The molecule has 6 heteroatoms. The Kier molecular flexibility index (Phi) is 6.38. The first-order valence-corrected chi connectivity index (χ1v) is 5.04. The Hall–Kier alpha value is -0.720. The van der Waals surface area contributed by atoms with Crippen LogP contribution >= 0.6 is 0 Å². The molecule has 0 spiro atoms. The van der Waals surface area contributed by atoms with E-state index in [1.165, 1.54) is 13.8 Å². The normalized spacial score (nSPS) is 13.9. The number of aliphatic hydroxyl groups is 2. The van der Waals surface area contributed by atoms with Crippen LogP contribution in [0.15, 0.2) is 0 Å². The van der Waals surface area contributed by atoms with E-state index in [0.717, 1.165) is 0 Å². The van der Waals surface area contributed by atoms with E-state index in [4.69, 9.17) is 5.11 Å². The molecule has 3 N–H and O–H groups in total. The molecule has 0 aliphatic rings. The van der Waals surface area contributed by atoms with Crippen LogP contribution in [0.3, 0.4) is 0 Å². The van der Waals surface area contributed by atoms with E-state index in [-0.39, 0.29) is 18.0 Å². The monoisotopic (exact) mass is 220 g/mol. The lowest BCUT2D eigenvalue weighted by atomic mass is 9.98. The maximum atomic E-state index is 10.6. The summed E-state index contributed by atoms with van der Waals surface area (Å²) in [5.41, 5.74) is -1.10. The molecule has 0 aromatic heterocycles. The number of rotatable bonds is 8. The van der Waals surface area contributed by atoms with Crippen molar-refractivity contribution in [3.8, 4) is 0 Å². The second-order valence-corrected chi connectivity index (χ2v) is 4.21. The molecule has 0 saturated carbocycles. The fourth-order valence-corrected chi connectivity index (χ4v) is 1.20. The molecule has 0 fully saturated rings. The first kappa shape index (κ1) is 14.3. The first-order valence-electron chi connectivity index (χ1n) is 5.04.